The summed E-state index contributed by atoms with van der Waals surface area (Å²) in [6, 6.07) is 1.71. The molecule has 1 aliphatic carbocycles. The number of nitrogens with two attached hydrogens (primary N) is 1. The summed E-state index contributed by atoms with van der Waals surface area (Å²) in [7, 11) is -3.74. The predicted octanol–water partition coefficient (Wildman–Crippen LogP) is 1.33. The van der Waals surface area contributed by atoms with E-state index >= 15 is 0 Å². The summed E-state index contributed by atoms with van der Waals surface area (Å²) in [6.45, 7) is 4.23. The van der Waals surface area contributed by atoms with E-state index in [-0.39, 0.29) is 10.8 Å². The van der Waals surface area contributed by atoms with Crippen LogP contribution in [0.5, 0.6) is 0 Å². The van der Waals surface area contributed by atoms with Gasteiger partial charge in [-0.3, -0.25) is 4.79 Å². The van der Waals surface area contributed by atoms with Crippen molar-refractivity contribution in [3.63, 3.8) is 0 Å². The average molecular weight is 288 g/mol. The Hall–Kier alpha value is -0.920. The normalized spacial score (nSPS) is 15.7. The predicted molar refractivity (Wildman–Crippen MR) is 70.2 cm³/mol. The molecule has 0 bridgehead atoms. The first-order chi connectivity index (χ1) is 8.34. The Morgan fingerprint density at radius 3 is 2.56 bits per heavy atom. The number of aryl methyl sites for hydroxylation is 1. The van der Waals surface area contributed by atoms with Crippen molar-refractivity contribution < 1.29 is 13.2 Å². The standard InChI is InChI=1S/C11H16N2O3S2/c1-3-13(8-4-5-8)11(14)9-6-10(7(2)17-9)18(12,15)16/h6,8H,3-5H2,1-2H3,(H2,12,15,16). The monoisotopic (exact) mass is 288 g/mol. The molecule has 0 atom stereocenters. The van der Waals surface area contributed by atoms with Gasteiger partial charge in [-0.2, -0.15) is 0 Å². The topological polar surface area (TPSA) is 80.5 Å². The molecule has 1 heterocycles. The number of carbonyl (C=O) groups is 1. The molecule has 1 aliphatic rings. The van der Waals surface area contributed by atoms with E-state index in [1.165, 1.54) is 17.4 Å². The maximum atomic E-state index is 12.3. The van der Waals surface area contributed by atoms with Gasteiger partial charge in [0.1, 0.15) is 0 Å². The molecule has 0 saturated heterocycles. The van der Waals surface area contributed by atoms with Crippen molar-refractivity contribution in [2.75, 3.05) is 6.54 Å². The second kappa shape index (κ2) is 4.64. The number of hydrogen-bond acceptors (Lipinski definition) is 4. The van der Waals surface area contributed by atoms with Crippen LogP contribution in [0.15, 0.2) is 11.0 Å². The van der Waals surface area contributed by atoms with Gasteiger partial charge in [0.15, 0.2) is 0 Å². The van der Waals surface area contributed by atoms with Gasteiger partial charge >= 0.3 is 0 Å². The molecule has 0 unspecified atom stereocenters. The Balaban J connectivity index is 2.31. The first-order valence-corrected chi connectivity index (χ1v) is 8.15. The molecule has 7 heteroatoms. The van der Waals surface area contributed by atoms with Crippen molar-refractivity contribution in [3.05, 3.63) is 15.8 Å². The van der Waals surface area contributed by atoms with Gasteiger partial charge in [0, 0.05) is 17.5 Å². The maximum absolute atomic E-state index is 12.3. The van der Waals surface area contributed by atoms with Gasteiger partial charge in [-0.25, -0.2) is 13.6 Å². The van der Waals surface area contributed by atoms with Crippen LogP contribution in [0, 0.1) is 6.92 Å². The Morgan fingerprint density at radius 2 is 2.17 bits per heavy atom. The zero-order chi connectivity index (χ0) is 13.5. The first-order valence-electron chi connectivity index (χ1n) is 5.78. The summed E-state index contributed by atoms with van der Waals surface area (Å²) in [4.78, 5) is 15.1. The lowest BCUT2D eigenvalue weighted by atomic mass is 10.3. The van der Waals surface area contributed by atoms with E-state index in [1.807, 2.05) is 6.92 Å². The van der Waals surface area contributed by atoms with Crippen molar-refractivity contribution in [2.45, 2.75) is 37.6 Å². The summed E-state index contributed by atoms with van der Waals surface area (Å²) in [5.74, 6) is -0.0944. The highest BCUT2D eigenvalue weighted by molar-refractivity contribution is 7.89. The van der Waals surface area contributed by atoms with Gasteiger partial charge in [-0.1, -0.05) is 0 Å². The molecular weight excluding hydrogens is 272 g/mol. The van der Waals surface area contributed by atoms with Crippen molar-refractivity contribution in [2.24, 2.45) is 5.14 Å². The van der Waals surface area contributed by atoms with Gasteiger partial charge in [0.25, 0.3) is 5.91 Å². The van der Waals surface area contributed by atoms with Gasteiger partial charge in [0.05, 0.1) is 9.77 Å². The number of rotatable bonds is 4. The molecule has 2 rings (SSSR count). The van der Waals surface area contributed by atoms with Crippen LogP contribution in [-0.4, -0.2) is 31.8 Å². The van der Waals surface area contributed by atoms with Gasteiger partial charge in [-0.15, -0.1) is 11.3 Å². The Labute approximate surface area is 111 Å². The van der Waals surface area contributed by atoms with Crippen LogP contribution in [0.1, 0.15) is 34.3 Å². The minimum Gasteiger partial charge on any atom is -0.335 e. The van der Waals surface area contributed by atoms with Crippen molar-refractivity contribution >= 4 is 27.3 Å². The van der Waals surface area contributed by atoms with Crippen LogP contribution in [0.2, 0.25) is 0 Å². The highest BCUT2D eigenvalue weighted by Crippen LogP contribution is 2.31. The lowest BCUT2D eigenvalue weighted by Crippen LogP contribution is -2.32. The Bertz CT molecular complexity index is 573. The fourth-order valence-electron chi connectivity index (χ4n) is 1.95. The Morgan fingerprint density at radius 1 is 1.56 bits per heavy atom. The van der Waals surface area contributed by atoms with Gasteiger partial charge in [-0.05, 0) is 32.8 Å². The van der Waals surface area contributed by atoms with Gasteiger partial charge < -0.3 is 4.90 Å². The van der Waals surface area contributed by atoms with E-state index in [0.717, 1.165) is 12.8 Å². The molecular formula is C11H16N2O3S2. The number of thiophene rings is 1. The van der Waals surface area contributed by atoms with Crippen molar-refractivity contribution in [1.82, 2.24) is 4.90 Å². The largest absolute Gasteiger partial charge is 0.335 e. The fraction of sp³-hybridized carbons (Fsp3) is 0.545. The van der Waals surface area contributed by atoms with Crippen LogP contribution in [-0.2, 0) is 10.0 Å². The van der Waals surface area contributed by atoms with E-state index in [2.05, 4.69) is 0 Å². The second-order valence-electron chi connectivity index (χ2n) is 4.40. The number of nitrogens with zero attached hydrogens (tertiary/aromatic N) is 1. The number of carbonyl (C=O) groups excluding carboxylic acids is 1. The van der Waals surface area contributed by atoms with E-state index in [0.29, 0.717) is 22.3 Å². The molecule has 100 valence electrons. The quantitative estimate of drug-likeness (QED) is 0.907. The molecule has 1 amide bonds. The molecule has 0 aromatic carbocycles. The van der Waals surface area contributed by atoms with Crippen LogP contribution in [0.25, 0.3) is 0 Å². The number of sulfonamides is 1. The molecule has 0 aliphatic heterocycles. The molecule has 0 spiro atoms. The lowest BCUT2D eigenvalue weighted by Gasteiger charge is -2.19. The third-order valence-electron chi connectivity index (χ3n) is 2.98. The van der Waals surface area contributed by atoms with E-state index in [9.17, 15) is 13.2 Å². The maximum Gasteiger partial charge on any atom is 0.264 e. The van der Waals surface area contributed by atoms with Crippen LogP contribution in [0.4, 0.5) is 0 Å². The van der Waals surface area contributed by atoms with Gasteiger partial charge in [0.2, 0.25) is 10.0 Å². The first kappa shape index (κ1) is 13.5. The number of primary sulfonamides is 1. The fourth-order valence-corrected chi connectivity index (χ4v) is 4.05. The smallest absolute Gasteiger partial charge is 0.264 e. The molecule has 0 radical (unpaired) electrons. The minimum atomic E-state index is -3.74. The number of hydrogen-bond donors (Lipinski definition) is 1. The van der Waals surface area contributed by atoms with Crippen molar-refractivity contribution in [3.8, 4) is 0 Å². The zero-order valence-corrected chi connectivity index (χ0v) is 12.0. The third kappa shape index (κ3) is 2.57. The molecule has 1 saturated carbocycles. The van der Waals surface area contributed by atoms with Crippen LogP contribution < -0.4 is 5.14 Å². The molecule has 1 aromatic heterocycles. The third-order valence-corrected chi connectivity index (χ3v) is 5.18. The summed E-state index contributed by atoms with van der Waals surface area (Å²) >= 11 is 1.19. The average Bonchev–Trinajstić information content (AvgIpc) is 3.00. The SMILES string of the molecule is CCN(C(=O)c1cc(S(N)(=O)=O)c(C)s1)C1CC1. The minimum absolute atomic E-state index is 0.0581. The molecule has 1 fully saturated rings. The summed E-state index contributed by atoms with van der Waals surface area (Å²) in [5.41, 5.74) is 0. The van der Waals surface area contributed by atoms with E-state index in [4.69, 9.17) is 5.14 Å². The van der Waals surface area contributed by atoms with Crippen LogP contribution in [0.3, 0.4) is 0 Å². The summed E-state index contributed by atoms with van der Waals surface area (Å²) in [5, 5.41) is 5.11. The molecule has 18 heavy (non-hydrogen) atoms. The highest BCUT2D eigenvalue weighted by atomic mass is 32.2. The van der Waals surface area contributed by atoms with E-state index in [1.54, 1.807) is 11.8 Å². The molecule has 5 nitrogen and oxygen atoms in total. The van der Waals surface area contributed by atoms with Crippen LogP contribution >= 0.6 is 11.3 Å². The van der Waals surface area contributed by atoms with Crippen molar-refractivity contribution in [1.29, 1.82) is 0 Å². The summed E-state index contributed by atoms with van der Waals surface area (Å²) in [6.07, 6.45) is 2.07. The lowest BCUT2D eigenvalue weighted by molar-refractivity contribution is 0.0757. The molecule has 2 N–H and O–H groups in total. The highest BCUT2D eigenvalue weighted by Gasteiger charge is 2.33. The zero-order valence-electron chi connectivity index (χ0n) is 10.3. The summed E-state index contributed by atoms with van der Waals surface area (Å²) < 4.78 is 22.7. The molecule has 1 aromatic rings. The second-order valence-corrected chi connectivity index (χ2v) is 7.18. The number of amides is 1. The van der Waals surface area contributed by atoms with E-state index < -0.39 is 10.0 Å². The Kier molecular flexibility index (Phi) is 3.48.